The van der Waals surface area contributed by atoms with E-state index in [1.165, 1.54) is 10.8 Å². The van der Waals surface area contributed by atoms with Crippen LogP contribution in [0, 0.1) is 5.92 Å². The number of halogens is 1. The fourth-order valence-electron chi connectivity index (χ4n) is 2.10. The molecule has 0 aliphatic heterocycles. The van der Waals surface area contributed by atoms with Gasteiger partial charge in [0.15, 0.2) is 0 Å². The molecule has 2 N–H and O–H groups in total. The van der Waals surface area contributed by atoms with Crippen molar-refractivity contribution in [2.75, 3.05) is 72.6 Å². The van der Waals surface area contributed by atoms with Gasteiger partial charge in [0.25, 0.3) is 0 Å². The van der Waals surface area contributed by atoms with Gasteiger partial charge in [-0.3, -0.25) is 4.79 Å². The van der Waals surface area contributed by atoms with Crippen LogP contribution in [0.4, 0.5) is 4.39 Å². The maximum absolute atomic E-state index is 13.9. The van der Waals surface area contributed by atoms with E-state index < -0.39 is 12.3 Å². The third kappa shape index (κ3) is 20.2. The van der Waals surface area contributed by atoms with Crippen LogP contribution in [-0.4, -0.2) is 96.1 Å². The van der Waals surface area contributed by atoms with Gasteiger partial charge >= 0.3 is 0 Å². The smallest absolute Gasteiger partial charge is 0.222 e. The first-order valence-electron chi connectivity index (χ1n) is 10.8. The second kappa shape index (κ2) is 21.7. The zero-order valence-electron chi connectivity index (χ0n) is 19.3. The highest BCUT2D eigenvalue weighted by atomic mass is 33.1. The molecule has 3 atom stereocenters. The van der Waals surface area contributed by atoms with Gasteiger partial charge in [-0.25, -0.2) is 4.39 Å². The standard InChI is InChI=1S/C20H41FN2O6S2/c1-16(2)20(24)23-15-19(21)17(3)29-14-13-28-12-11-27-10-9-26-8-7-25-6-5-22-18(4)31-30/h16-19,22,30H,5-15H2,1-4H3,(H,23,24). The topological polar surface area (TPSA) is 87.3 Å². The highest BCUT2D eigenvalue weighted by Gasteiger charge is 2.18. The van der Waals surface area contributed by atoms with Gasteiger partial charge in [-0.2, -0.15) is 0 Å². The molecule has 0 fully saturated rings. The van der Waals surface area contributed by atoms with E-state index in [0.29, 0.717) is 58.2 Å². The zero-order valence-corrected chi connectivity index (χ0v) is 21.0. The van der Waals surface area contributed by atoms with Gasteiger partial charge in [0.1, 0.15) is 6.17 Å². The lowest BCUT2D eigenvalue weighted by Gasteiger charge is -2.18. The maximum atomic E-state index is 13.9. The Balaban J connectivity index is 3.31. The summed E-state index contributed by atoms with van der Waals surface area (Å²) in [4.78, 5) is 11.4. The average Bonchev–Trinajstić information content (AvgIpc) is 2.76. The Hall–Kier alpha value is -0.140. The number of alkyl halides is 1. The number of ether oxygens (including phenoxy) is 5. The van der Waals surface area contributed by atoms with Crippen molar-refractivity contribution in [1.29, 1.82) is 0 Å². The van der Waals surface area contributed by atoms with Crippen molar-refractivity contribution in [3.05, 3.63) is 0 Å². The molecule has 0 aromatic rings. The highest BCUT2D eigenvalue weighted by Crippen LogP contribution is 2.10. The number of nitrogens with one attached hydrogen (secondary N) is 2. The largest absolute Gasteiger partial charge is 0.378 e. The van der Waals surface area contributed by atoms with Gasteiger partial charge in [-0.05, 0) is 13.8 Å². The molecule has 0 heterocycles. The van der Waals surface area contributed by atoms with Crippen LogP contribution < -0.4 is 10.6 Å². The van der Waals surface area contributed by atoms with Gasteiger partial charge in [0.2, 0.25) is 5.91 Å². The van der Waals surface area contributed by atoms with E-state index in [0.717, 1.165) is 6.54 Å². The minimum Gasteiger partial charge on any atom is -0.378 e. The summed E-state index contributed by atoms with van der Waals surface area (Å²) in [7, 11) is 1.47. The Kier molecular flexibility index (Phi) is 21.6. The fourth-order valence-corrected chi connectivity index (χ4v) is 2.51. The molecule has 186 valence electrons. The first-order chi connectivity index (χ1) is 14.9. The highest BCUT2D eigenvalue weighted by molar-refractivity contribution is 8.68. The fraction of sp³-hybridized carbons (Fsp3) is 0.950. The lowest BCUT2D eigenvalue weighted by molar-refractivity contribution is -0.124. The predicted octanol–water partition coefficient (Wildman–Crippen LogP) is 2.08. The maximum Gasteiger partial charge on any atom is 0.222 e. The first-order valence-corrected chi connectivity index (χ1v) is 12.7. The van der Waals surface area contributed by atoms with Gasteiger partial charge in [0.05, 0.1) is 77.5 Å². The van der Waals surface area contributed by atoms with Crippen LogP contribution >= 0.6 is 22.5 Å². The van der Waals surface area contributed by atoms with Gasteiger partial charge < -0.3 is 34.3 Å². The summed E-state index contributed by atoms with van der Waals surface area (Å²) >= 11 is 4.12. The van der Waals surface area contributed by atoms with Crippen molar-refractivity contribution in [2.45, 2.75) is 45.3 Å². The van der Waals surface area contributed by atoms with E-state index in [9.17, 15) is 9.18 Å². The quantitative estimate of drug-likeness (QED) is 0.0924. The van der Waals surface area contributed by atoms with Crippen molar-refractivity contribution in [3.63, 3.8) is 0 Å². The van der Waals surface area contributed by atoms with E-state index in [1.54, 1.807) is 20.8 Å². The van der Waals surface area contributed by atoms with Crippen molar-refractivity contribution in [2.24, 2.45) is 5.92 Å². The van der Waals surface area contributed by atoms with Crippen LogP contribution in [-0.2, 0) is 28.5 Å². The molecule has 0 radical (unpaired) electrons. The van der Waals surface area contributed by atoms with Crippen LogP contribution in [0.25, 0.3) is 0 Å². The molecule has 0 aliphatic rings. The second-order valence-electron chi connectivity index (χ2n) is 7.14. The van der Waals surface area contributed by atoms with E-state index in [2.05, 4.69) is 22.3 Å². The normalized spacial score (nSPS) is 14.5. The lowest BCUT2D eigenvalue weighted by Crippen LogP contribution is -2.38. The summed E-state index contributed by atoms with van der Waals surface area (Å²) < 4.78 is 41.0. The molecule has 0 aromatic carbocycles. The number of amides is 1. The molecule has 0 bridgehead atoms. The SMILES string of the molecule is CC(NCCOCCOCCOCCOCCOC(C)C(F)CNC(=O)C(C)C)SS. The predicted molar refractivity (Wildman–Crippen MR) is 125 cm³/mol. The third-order valence-corrected chi connectivity index (χ3v) is 5.50. The van der Waals surface area contributed by atoms with E-state index in [1.807, 2.05) is 6.92 Å². The molecule has 1 amide bonds. The van der Waals surface area contributed by atoms with Crippen molar-refractivity contribution in [1.82, 2.24) is 10.6 Å². The van der Waals surface area contributed by atoms with Crippen LogP contribution in [0.15, 0.2) is 0 Å². The van der Waals surface area contributed by atoms with Crippen LogP contribution in [0.2, 0.25) is 0 Å². The molecular weight excluding hydrogens is 447 g/mol. The zero-order chi connectivity index (χ0) is 23.3. The number of hydrogen-bond donors (Lipinski definition) is 3. The van der Waals surface area contributed by atoms with Crippen LogP contribution in [0.3, 0.4) is 0 Å². The van der Waals surface area contributed by atoms with Gasteiger partial charge in [-0.1, -0.05) is 24.6 Å². The van der Waals surface area contributed by atoms with Crippen molar-refractivity contribution < 1.29 is 32.9 Å². The second-order valence-corrected chi connectivity index (χ2v) is 8.69. The van der Waals surface area contributed by atoms with E-state index in [4.69, 9.17) is 23.7 Å². The summed E-state index contributed by atoms with van der Waals surface area (Å²) in [6.07, 6.45) is -1.87. The van der Waals surface area contributed by atoms with E-state index in [-0.39, 0.29) is 25.0 Å². The minimum absolute atomic E-state index is 0.0484. The van der Waals surface area contributed by atoms with Crippen molar-refractivity contribution >= 4 is 28.4 Å². The van der Waals surface area contributed by atoms with E-state index >= 15 is 0 Å². The number of hydrogen-bond acceptors (Lipinski definition) is 9. The Morgan fingerprint density at radius 2 is 1.35 bits per heavy atom. The number of rotatable bonds is 22. The summed E-state index contributed by atoms with van der Waals surface area (Å²) in [6, 6.07) is 0. The summed E-state index contributed by atoms with van der Waals surface area (Å²) in [5.41, 5.74) is 0. The Morgan fingerprint density at radius 3 is 1.84 bits per heavy atom. The molecule has 0 aliphatic carbocycles. The molecule has 0 rings (SSSR count). The molecule has 0 saturated carbocycles. The van der Waals surface area contributed by atoms with Crippen LogP contribution in [0.1, 0.15) is 27.7 Å². The molecule has 8 nitrogen and oxygen atoms in total. The lowest BCUT2D eigenvalue weighted by atomic mass is 10.2. The van der Waals surface area contributed by atoms with Crippen LogP contribution in [0.5, 0.6) is 0 Å². The number of thiol groups is 1. The summed E-state index contributed by atoms with van der Waals surface area (Å²) in [6.45, 7) is 12.2. The molecule has 11 heteroatoms. The summed E-state index contributed by atoms with van der Waals surface area (Å²) in [5.74, 6) is -0.331. The minimum atomic E-state index is -1.26. The third-order valence-electron chi connectivity index (χ3n) is 4.07. The first kappa shape index (κ1) is 30.9. The van der Waals surface area contributed by atoms with Crippen molar-refractivity contribution in [3.8, 4) is 0 Å². The van der Waals surface area contributed by atoms with Gasteiger partial charge in [-0.15, -0.1) is 11.7 Å². The molecule has 31 heavy (non-hydrogen) atoms. The average molecular weight is 489 g/mol. The number of carbonyl (C=O) groups excluding carboxylic acids is 1. The Labute approximate surface area is 195 Å². The summed E-state index contributed by atoms with van der Waals surface area (Å²) in [5, 5.41) is 6.11. The molecule has 0 spiro atoms. The Morgan fingerprint density at radius 1 is 0.871 bits per heavy atom. The molecule has 3 unspecified atom stereocenters. The molecule has 0 saturated heterocycles. The Bertz CT molecular complexity index is 427. The molecule has 0 aromatic heterocycles. The number of carbonyl (C=O) groups is 1. The van der Waals surface area contributed by atoms with Gasteiger partial charge in [0, 0.05) is 12.5 Å². The molecular formula is C20H41FN2O6S2. The monoisotopic (exact) mass is 488 g/mol.